The number of nitrogens with two attached hydrogens (primary N) is 1. The number of nitrogens with zero attached hydrogens (tertiary/aromatic N) is 3. The highest BCUT2D eigenvalue weighted by Gasteiger charge is 2.11. The number of anilines is 1. The standard InChI is InChI=1S/C15H15N5O/c1-20-11(6-7-18-20)9-17-15(21)13-8-10-4-2-3-5-12(10)14(16)19-13/h2-8H,9H2,1H3,(H2,16,19)(H,17,21). The van der Waals surface area contributed by atoms with Crippen molar-refractivity contribution in [3.8, 4) is 0 Å². The van der Waals surface area contributed by atoms with Crippen molar-refractivity contribution >= 4 is 22.5 Å². The fourth-order valence-corrected chi connectivity index (χ4v) is 2.18. The fraction of sp³-hybridized carbons (Fsp3) is 0.133. The van der Waals surface area contributed by atoms with Gasteiger partial charge in [-0.2, -0.15) is 5.10 Å². The number of nitrogen functional groups attached to an aromatic ring is 1. The first kappa shape index (κ1) is 13.1. The van der Waals surface area contributed by atoms with Crippen LogP contribution in [0.3, 0.4) is 0 Å². The molecule has 0 unspecified atom stereocenters. The minimum Gasteiger partial charge on any atom is -0.383 e. The van der Waals surface area contributed by atoms with Crippen LogP contribution in [-0.4, -0.2) is 20.7 Å². The molecule has 6 heteroatoms. The van der Waals surface area contributed by atoms with E-state index in [1.54, 1.807) is 16.9 Å². The topological polar surface area (TPSA) is 85.8 Å². The number of pyridine rings is 1. The molecule has 3 aromatic rings. The molecule has 2 heterocycles. The zero-order valence-electron chi connectivity index (χ0n) is 11.6. The quantitative estimate of drug-likeness (QED) is 0.761. The zero-order chi connectivity index (χ0) is 14.8. The number of aromatic nitrogens is 3. The summed E-state index contributed by atoms with van der Waals surface area (Å²) >= 11 is 0. The van der Waals surface area contributed by atoms with Crippen LogP contribution >= 0.6 is 0 Å². The van der Waals surface area contributed by atoms with E-state index in [9.17, 15) is 4.79 Å². The molecule has 1 amide bonds. The van der Waals surface area contributed by atoms with E-state index in [0.29, 0.717) is 18.1 Å². The molecule has 0 radical (unpaired) electrons. The first-order valence-electron chi connectivity index (χ1n) is 6.55. The number of hydrogen-bond acceptors (Lipinski definition) is 4. The maximum Gasteiger partial charge on any atom is 0.270 e. The Morgan fingerprint density at radius 1 is 1.33 bits per heavy atom. The summed E-state index contributed by atoms with van der Waals surface area (Å²) in [6.07, 6.45) is 1.69. The van der Waals surface area contributed by atoms with Gasteiger partial charge in [0.1, 0.15) is 11.5 Å². The van der Waals surface area contributed by atoms with Crippen LogP contribution in [0.1, 0.15) is 16.2 Å². The second kappa shape index (κ2) is 5.24. The van der Waals surface area contributed by atoms with Crippen molar-refractivity contribution in [3.05, 3.63) is 54.0 Å². The molecule has 0 saturated heterocycles. The Hall–Kier alpha value is -2.89. The molecule has 0 spiro atoms. The number of amides is 1. The molecule has 0 saturated carbocycles. The average molecular weight is 281 g/mol. The summed E-state index contributed by atoms with van der Waals surface area (Å²) in [5.41, 5.74) is 7.13. The van der Waals surface area contributed by atoms with Crippen molar-refractivity contribution in [1.82, 2.24) is 20.1 Å². The third kappa shape index (κ3) is 2.55. The molecule has 3 rings (SSSR count). The average Bonchev–Trinajstić information content (AvgIpc) is 2.90. The summed E-state index contributed by atoms with van der Waals surface area (Å²) in [5.74, 6) is 0.104. The van der Waals surface area contributed by atoms with Crippen LogP contribution in [0.2, 0.25) is 0 Å². The summed E-state index contributed by atoms with van der Waals surface area (Å²) in [7, 11) is 1.83. The highest BCUT2D eigenvalue weighted by atomic mass is 16.1. The van der Waals surface area contributed by atoms with Gasteiger partial charge in [-0.1, -0.05) is 24.3 Å². The Morgan fingerprint density at radius 3 is 2.90 bits per heavy atom. The maximum atomic E-state index is 12.2. The van der Waals surface area contributed by atoms with E-state index in [2.05, 4.69) is 15.4 Å². The van der Waals surface area contributed by atoms with E-state index in [-0.39, 0.29) is 5.91 Å². The van der Waals surface area contributed by atoms with Crippen LogP contribution in [0, 0.1) is 0 Å². The number of aryl methyl sites for hydroxylation is 1. The third-order valence-electron chi connectivity index (χ3n) is 3.36. The Morgan fingerprint density at radius 2 is 2.14 bits per heavy atom. The number of fused-ring (bicyclic) bond motifs is 1. The lowest BCUT2D eigenvalue weighted by Gasteiger charge is -2.07. The molecule has 2 aromatic heterocycles. The molecule has 0 aliphatic rings. The Kier molecular flexibility index (Phi) is 3.27. The van der Waals surface area contributed by atoms with Gasteiger partial charge >= 0.3 is 0 Å². The Balaban J connectivity index is 1.83. The number of carbonyl (C=O) groups excluding carboxylic acids is 1. The highest BCUT2D eigenvalue weighted by Crippen LogP contribution is 2.19. The van der Waals surface area contributed by atoms with E-state index in [1.165, 1.54) is 0 Å². The predicted octanol–water partition coefficient (Wildman–Crippen LogP) is 1.48. The number of benzene rings is 1. The summed E-state index contributed by atoms with van der Waals surface area (Å²) in [6, 6.07) is 11.2. The minimum absolute atomic E-state index is 0.256. The number of hydrogen-bond donors (Lipinski definition) is 2. The van der Waals surface area contributed by atoms with Crippen molar-refractivity contribution in [2.75, 3.05) is 5.73 Å². The SMILES string of the molecule is Cn1nccc1CNC(=O)c1cc2ccccc2c(N)n1. The van der Waals surface area contributed by atoms with Gasteiger partial charge in [0, 0.05) is 18.6 Å². The largest absolute Gasteiger partial charge is 0.383 e. The molecular weight excluding hydrogens is 266 g/mol. The number of rotatable bonds is 3. The van der Waals surface area contributed by atoms with E-state index < -0.39 is 0 Å². The second-order valence-electron chi connectivity index (χ2n) is 4.74. The summed E-state index contributed by atoms with van der Waals surface area (Å²) < 4.78 is 1.71. The molecular formula is C15H15N5O. The smallest absolute Gasteiger partial charge is 0.270 e. The van der Waals surface area contributed by atoms with Crippen LogP contribution in [0.4, 0.5) is 5.82 Å². The summed E-state index contributed by atoms with van der Waals surface area (Å²) in [6.45, 7) is 0.393. The normalized spacial score (nSPS) is 10.7. The Bertz CT molecular complexity index is 809. The molecule has 0 aliphatic heterocycles. The molecule has 1 aromatic carbocycles. The van der Waals surface area contributed by atoms with Crippen LogP contribution in [0.5, 0.6) is 0 Å². The van der Waals surface area contributed by atoms with Crippen molar-refractivity contribution in [2.45, 2.75) is 6.54 Å². The van der Waals surface area contributed by atoms with Gasteiger partial charge in [-0.25, -0.2) is 4.98 Å². The molecule has 0 aliphatic carbocycles. The molecule has 106 valence electrons. The third-order valence-corrected chi connectivity index (χ3v) is 3.36. The number of nitrogens with one attached hydrogen (secondary N) is 1. The van der Waals surface area contributed by atoms with Gasteiger partial charge in [0.25, 0.3) is 5.91 Å². The van der Waals surface area contributed by atoms with Gasteiger partial charge in [0.15, 0.2) is 0 Å². The first-order valence-corrected chi connectivity index (χ1v) is 6.55. The van der Waals surface area contributed by atoms with E-state index >= 15 is 0 Å². The lowest BCUT2D eigenvalue weighted by molar-refractivity contribution is 0.0945. The summed E-state index contributed by atoms with van der Waals surface area (Å²) in [4.78, 5) is 16.4. The maximum absolute atomic E-state index is 12.2. The molecule has 6 nitrogen and oxygen atoms in total. The van der Waals surface area contributed by atoms with Crippen molar-refractivity contribution in [1.29, 1.82) is 0 Å². The van der Waals surface area contributed by atoms with E-state index in [0.717, 1.165) is 16.5 Å². The second-order valence-corrected chi connectivity index (χ2v) is 4.74. The van der Waals surface area contributed by atoms with Gasteiger partial charge in [-0.3, -0.25) is 9.48 Å². The first-order chi connectivity index (χ1) is 10.1. The molecule has 21 heavy (non-hydrogen) atoms. The van der Waals surface area contributed by atoms with E-state index in [4.69, 9.17) is 5.73 Å². The fourth-order valence-electron chi connectivity index (χ4n) is 2.18. The van der Waals surface area contributed by atoms with Gasteiger partial charge in [0.2, 0.25) is 0 Å². The van der Waals surface area contributed by atoms with Crippen LogP contribution in [0.25, 0.3) is 10.8 Å². The lowest BCUT2D eigenvalue weighted by atomic mass is 10.1. The molecule has 3 N–H and O–H groups in total. The molecule has 0 bridgehead atoms. The van der Waals surface area contributed by atoms with Gasteiger partial charge < -0.3 is 11.1 Å². The van der Waals surface area contributed by atoms with Crippen LogP contribution < -0.4 is 11.1 Å². The minimum atomic E-state index is -0.256. The zero-order valence-corrected chi connectivity index (χ0v) is 11.6. The van der Waals surface area contributed by atoms with Gasteiger partial charge in [-0.15, -0.1) is 0 Å². The van der Waals surface area contributed by atoms with Crippen LogP contribution in [0.15, 0.2) is 42.6 Å². The van der Waals surface area contributed by atoms with Gasteiger partial charge in [0.05, 0.1) is 12.2 Å². The predicted molar refractivity (Wildman–Crippen MR) is 80.5 cm³/mol. The van der Waals surface area contributed by atoms with Crippen molar-refractivity contribution in [3.63, 3.8) is 0 Å². The number of carbonyl (C=O) groups is 1. The summed E-state index contributed by atoms with van der Waals surface area (Å²) in [5, 5.41) is 8.62. The molecule has 0 atom stereocenters. The van der Waals surface area contributed by atoms with Gasteiger partial charge in [-0.05, 0) is 17.5 Å². The lowest BCUT2D eigenvalue weighted by Crippen LogP contribution is -2.25. The van der Waals surface area contributed by atoms with Crippen molar-refractivity contribution in [2.24, 2.45) is 7.05 Å². The monoisotopic (exact) mass is 281 g/mol. The van der Waals surface area contributed by atoms with E-state index in [1.807, 2.05) is 37.4 Å². The highest BCUT2D eigenvalue weighted by molar-refractivity contribution is 5.99. The molecule has 0 fully saturated rings. The van der Waals surface area contributed by atoms with Crippen LogP contribution in [-0.2, 0) is 13.6 Å². The Labute approximate surface area is 121 Å². The van der Waals surface area contributed by atoms with Crippen molar-refractivity contribution < 1.29 is 4.79 Å².